The van der Waals surface area contributed by atoms with Crippen LogP contribution in [0.2, 0.25) is 0 Å². The number of aliphatic hydroxyl groups excluding tert-OH is 1. The SMILES string of the molecule is C=CC(=O)N1CCC(CO)(n2cc(C)cn2)CC1. The van der Waals surface area contributed by atoms with E-state index in [9.17, 15) is 9.90 Å². The molecule has 5 nitrogen and oxygen atoms in total. The number of piperidine rings is 1. The van der Waals surface area contributed by atoms with E-state index in [0.717, 1.165) is 5.56 Å². The van der Waals surface area contributed by atoms with Crippen LogP contribution in [0.3, 0.4) is 0 Å². The smallest absolute Gasteiger partial charge is 0.245 e. The minimum absolute atomic E-state index is 0.0433. The van der Waals surface area contributed by atoms with Gasteiger partial charge >= 0.3 is 0 Å². The molecule has 1 aliphatic rings. The van der Waals surface area contributed by atoms with Crippen molar-refractivity contribution < 1.29 is 9.90 Å². The first-order chi connectivity index (χ1) is 8.61. The fourth-order valence-corrected chi connectivity index (χ4v) is 2.40. The molecule has 1 aliphatic heterocycles. The van der Waals surface area contributed by atoms with Gasteiger partial charge in [-0.3, -0.25) is 9.48 Å². The molecule has 1 aromatic rings. The molecule has 1 aromatic heterocycles. The van der Waals surface area contributed by atoms with Crippen LogP contribution in [0.4, 0.5) is 0 Å². The topological polar surface area (TPSA) is 58.4 Å². The quantitative estimate of drug-likeness (QED) is 0.802. The Morgan fingerprint density at radius 2 is 2.28 bits per heavy atom. The van der Waals surface area contributed by atoms with Crippen molar-refractivity contribution in [1.29, 1.82) is 0 Å². The van der Waals surface area contributed by atoms with Crippen molar-refractivity contribution in [1.82, 2.24) is 14.7 Å². The van der Waals surface area contributed by atoms with Crippen LogP contribution in [-0.4, -0.2) is 45.4 Å². The summed E-state index contributed by atoms with van der Waals surface area (Å²) in [6, 6.07) is 0. The Morgan fingerprint density at radius 1 is 1.61 bits per heavy atom. The van der Waals surface area contributed by atoms with Gasteiger partial charge in [0, 0.05) is 19.3 Å². The van der Waals surface area contributed by atoms with E-state index >= 15 is 0 Å². The fourth-order valence-electron chi connectivity index (χ4n) is 2.40. The summed E-state index contributed by atoms with van der Waals surface area (Å²) in [6.07, 6.45) is 6.50. The van der Waals surface area contributed by atoms with Crippen molar-refractivity contribution in [3.05, 3.63) is 30.6 Å². The minimum Gasteiger partial charge on any atom is -0.394 e. The second-order valence-corrected chi connectivity index (χ2v) is 4.87. The Hall–Kier alpha value is -1.62. The Balaban J connectivity index is 2.13. The second-order valence-electron chi connectivity index (χ2n) is 4.87. The number of hydrogen-bond donors (Lipinski definition) is 1. The number of aliphatic hydroxyl groups is 1. The molecular formula is C13H19N3O2. The number of likely N-dealkylation sites (tertiary alicyclic amines) is 1. The van der Waals surface area contributed by atoms with Crippen LogP contribution in [-0.2, 0) is 10.3 Å². The predicted octanol–water partition coefficient (Wildman–Crippen LogP) is 0.688. The van der Waals surface area contributed by atoms with Gasteiger partial charge in [-0.25, -0.2) is 0 Å². The zero-order valence-corrected chi connectivity index (χ0v) is 10.7. The summed E-state index contributed by atoms with van der Waals surface area (Å²) < 4.78 is 1.85. The Kier molecular flexibility index (Phi) is 3.52. The molecule has 98 valence electrons. The molecule has 1 amide bonds. The lowest BCUT2D eigenvalue weighted by molar-refractivity contribution is -0.128. The van der Waals surface area contributed by atoms with Gasteiger partial charge in [-0.2, -0.15) is 5.10 Å². The molecule has 0 saturated carbocycles. The molecule has 0 atom stereocenters. The van der Waals surface area contributed by atoms with E-state index in [1.807, 2.05) is 17.8 Å². The van der Waals surface area contributed by atoms with Crippen molar-refractivity contribution in [2.24, 2.45) is 0 Å². The summed E-state index contributed by atoms with van der Waals surface area (Å²) in [6.45, 7) is 6.78. The predicted molar refractivity (Wildman–Crippen MR) is 68.0 cm³/mol. The lowest BCUT2D eigenvalue weighted by Gasteiger charge is -2.40. The average Bonchev–Trinajstić information content (AvgIpc) is 2.85. The van der Waals surface area contributed by atoms with E-state index in [-0.39, 0.29) is 18.1 Å². The van der Waals surface area contributed by atoms with Gasteiger partial charge in [0.25, 0.3) is 0 Å². The summed E-state index contributed by atoms with van der Waals surface area (Å²) in [5.74, 6) is -0.0433. The normalized spacial score (nSPS) is 18.7. The summed E-state index contributed by atoms with van der Waals surface area (Å²) in [7, 11) is 0. The van der Waals surface area contributed by atoms with Gasteiger partial charge in [0.2, 0.25) is 5.91 Å². The van der Waals surface area contributed by atoms with Crippen LogP contribution < -0.4 is 0 Å². The molecular weight excluding hydrogens is 230 g/mol. The van der Waals surface area contributed by atoms with Gasteiger partial charge in [0.1, 0.15) is 0 Å². The molecule has 0 aromatic carbocycles. The van der Waals surface area contributed by atoms with E-state index < -0.39 is 0 Å². The van der Waals surface area contributed by atoms with Crippen molar-refractivity contribution in [3.8, 4) is 0 Å². The van der Waals surface area contributed by atoms with Crippen LogP contribution in [0.25, 0.3) is 0 Å². The maximum Gasteiger partial charge on any atom is 0.245 e. The summed E-state index contributed by atoms with van der Waals surface area (Å²) in [4.78, 5) is 13.3. The molecule has 2 rings (SSSR count). The first kappa shape index (κ1) is 12.8. The highest BCUT2D eigenvalue weighted by Gasteiger charge is 2.37. The Morgan fingerprint density at radius 3 is 2.72 bits per heavy atom. The number of aryl methyl sites for hydroxylation is 1. The van der Waals surface area contributed by atoms with Gasteiger partial charge < -0.3 is 10.0 Å². The highest BCUT2D eigenvalue weighted by atomic mass is 16.3. The monoisotopic (exact) mass is 249 g/mol. The highest BCUT2D eigenvalue weighted by Crippen LogP contribution is 2.29. The highest BCUT2D eigenvalue weighted by molar-refractivity contribution is 5.87. The van der Waals surface area contributed by atoms with Gasteiger partial charge in [0.05, 0.1) is 18.3 Å². The van der Waals surface area contributed by atoms with Gasteiger partial charge in [0.15, 0.2) is 0 Å². The third-order valence-corrected chi connectivity index (χ3v) is 3.67. The molecule has 0 radical (unpaired) electrons. The molecule has 0 bridgehead atoms. The number of carbonyl (C=O) groups excluding carboxylic acids is 1. The van der Waals surface area contributed by atoms with Crippen molar-refractivity contribution >= 4 is 5.91 Å². The minimum atomic E-state index is -0.369. The summed E-state index contributed by atoms with van der Waals surface area (Å²) in [5.41, 5.74) is 0.707. The van der Waals surface area contributed by atoms with Crippen LogP contribution >= 0.6 is 0 Å². The molecule has 0 unspecified atom stereocenters. The maximum absolute atomic E-state index is 11.5. The molecule has 18 heavy (non-hydrogen) atoms. The molecule has 1 fully saturated rings. The van der Waals surface area contributed by atoms with E-state index in [2.05, 4.69) is 11.7 Å². The maximum atomic E-state index is 11.5. The molecule has 1 N–H and O–H groups in total. The van der Waals surface area contributed by atoms with Crippen LogP contribution in [0.15, 0.2) is 25.0 Å². The van der Waals surface area contributed by atoms with Crippen LogP contribution in [0.1, 0.15) is 18.4 Å². The Bertz CT molecular complexity index is 445. The van der Waals surface area contributed by atoms with Crippen LogP contribution in [0, 0.1) is 6.92 Å². The molecule has 1 saturated heterocycles. The summed E-state index contributed by atoms with van der Waals surface area (Å²) in [5, 5.41) is 14.0. The van der Waals surface area contributed by atoms with E-state index in [0.29, 0.717) is 25.9 Å². The number of nitrogens with zero attached hydrogens (tertiary/aromatic N) is 3. The second kappa shape index (κ2) is 4.94. The van der Waals surface area contributed by atoms with E-state index in [1.165, 1.54) is 6.08 Å². The Labute approximate surface area is 107 Å². The van der Waals surface area contributed by atoms with Crippen molar-refractivity contribution in [2.45, 2.75) is 25.3 Å². The van der Waals surface area contributed by atoms with Gasteiger partial charge in [-0.15, -0.1) is 0 Å². The van der Waals surface area contributed by atoms with Crippen LogP contribution in [0.5, 0.6) is 0 Å². The average molecular weight is 249 g/mol. The first-order valence-corrected chi connectivity index (χ1v) is 6.15. The van der Waals surface area contributed by atoms with Crippen molar-refractivity contribution in [3.63, 3.8) is 0 Å². The molecule has 0 aliphatic carbocycles. The largest absolute Gasteiger partial charge is 0.394 e. The van der Waals surface area contributed by atoms with Crippen molar-refractivity contribution in [2.75, 3.05) is 19.7 Å². The van der Waals surface area contributed by atoms with Gasteiger partial charge in [-0.1, -0.05) is 6.58 Å². The number of carbonyl (C=O) groups is 1. The zero-order valence-electron chi connectivity index (χ0n) is 10.7. The van der Waals surface area contributed by atoms with E-state index in [1.54, 1.807) is 11.1 Å². The lowest BCUT2D eigenvalue weighted by Crippen LogP contribution is -2.49. The number of rotatable bonds is 3. The number of hydrogen-bond acceptors (Lipinski definition) is 3. The molecule has 0 spiro atoms. The summed E-state index contributed by atoms with van der Waals surface area (Å²) >= 11 is 0. The van der Waals surface area contributed by atoms with Gasteiger partial charge in [-0.05, 0) is 31.4 Å². The standard InChI is InChI=1S/C13H19N3O2/c1-3-12(18)15-6-4-13(10-17,5-7-15)16-9-11(2)8-14-16/h3,8-9,17H,1,4-7,10H2,2H3. The number of aromatic nitrogens is 2. The molecule has 2 heterocycles. The fraction of sp³-hybridized carbons (Fsp3) is 0.538. The molecule has 5 heteroatoms. The number of amides is 1. The lowest BCUT2D eigenvalue weighted by atomic mass is 9.88. The third-order valence-electron chi connectivity index (χ3n) is 3.67. The van der Waals surface area contributed by atoms with E-state index in [4.69, 9.17) is 0 Å². The third kappa shape index (κ3) is 2.18. The zero-order chi connectivity index (χ0) is 13.2. The first-order valence-electron chi connectivity index (χ1n) is 6.15.